The molecule has 16 heavy (non-hydrogen) atoms. The van der Waals surface area contributed by atoms with Crippen LogP contribution in [0.5, 0.6) is 0 Å². The highest BCUT2D eigenvalue weighted by atomic mass is 79.9. The van der Waals surface area contributed by atoms with Crippen molar-refractivity contribution in [3.8, 4) is 0 Å². The van der Waals surface area contributed by atoms with Gasteiger partial charge in [0.05, 0.1) is 16.7 Å². The summed E-state index contributed by atoms with van der Waals surface area (Å²) in [5, 5.41) is 3.25. The minimum atomic E-state index is -0.240. The van der Waals surface area contributed by atoms with Crippen molar-refractivity contribution in [3.05, 3.63) is 28.5 Å². The standard InChI is InChI=1S/C12H15BrFNO/c1-8-2-4-10(16-8)7-15-9-3-5-12(14)11(13)6-9/h3,5-6,8,10,15H,2,4,7H2,1H3. The van der Waals surface area contributed by atoms with Gasteiger partial charge >= 0.3 is 0 Å². The van der Waals surface area contributed by atoms with Crippen molar-refractivity contribution in [1.29, 1.82) is 0 Å². The van der Waals surface area contributed by atoms with Gasteiger partial charge in [-0.05, 0) is 53.9 Å². The van der Waals surface area contributed by atoms with Gasteiger partial charge in [-0.25, -0.2) is 4.39 Å². The Morgan fingerprint density at radius 2 is 2.31 bits per heavy atom. The normalized spacial score (nSPS) is 24.7. The van der Waals surface area contributed by atoms with Crippen molar-refractivity contribution in [3.63, 3.8) is 0 Å². The second-order valence-corrected chi connectivity index (χ2v) is 5.01. The van der Waals surface area contributed by atoms with Gasteiger partial charge in [0.15, 0.2) is 0 Å². The Hall–Kier alpha value is -0.610. The molecule has 1 aromatic rings. The summed E-state index contributed by atoms with van der Waals surface area (Å²) in [6.07, 6.45) is 2.86. The third-order valence-corrected chi connectivity index (χ3v) is 3.38. The van der Waals surface area contributed by atoms with Crippen LogP contribution in [-0.4, -0.2) is 18.8 Å². The van der Waals surface area contributed by atoms with Gasteiger partial charge in [-0.2, -0.15) is 0 Å². The lowest BCUT2D eigenvalue weighted by molar-refractivity contribution is 0.0637. The molecule has 0 aliphatic carbocycles. The van der Waals surface area contributed by atoms with E-state index >= 15 is 0 Å². The molecule has 0 saturated carbocycles. The van der Waals surface area contributed by atoms with E-state index in [1.807, 2.05) is 0 Å². The number of anilines is 1. The highest BCUT2D eigenvalue weighted by Gasteiger charge is 2.21. The summed E-state index contributed by atoms with van der Waals surface area (Å²) in [5.74, 6) is -0.240. The van der Waals surface area contributed by atoms with Crippen molar-refractivity contribution in [2.75, 3.05) is 11.9 Å². The number of hydrogen-bond donors (Lipinski definition) is 1. The molecule has 1 aliphatic heterocycles. The first-order valence-electron chi connectivity index (χ1n) is 5.49. The average Bonchev–Trinajstić information content (AvgIpc) is 2.66. The fraction of sp³-hybridized carbons (Fsp3) is 0.500. The first kappa shape index (κ1) is 11.9. The predicted octanol–water partition coefficient (Wildman–Crippen LogP) is 3.57. The van der Waals surface area contributed by atoms with Crippen molar-refractivity contribution in [1.82, 2.24) is 0 Å². The van der Waals surface area contributed by atoms with Gasteiger partial charge in [-0.15, -0.1) is 0 Å². The molecule has 0 bridgehead atoms. The summed E-state index contributed by atoms with van der Waals surface area (Å²) in [4.78, 5) is 0. The Kier molecular flexibility index (Phi) is 3.82. The first-order valence-corrected chi connectivity index (χ1v) is 6.29. The smallest absolute Gasteiger partial charge is 0.137 e. The van der Waals surface area contributed by atoms with Crippen molar-refractivity contribution >= 4 is 21.6 Å². The van der Waals surface area contributed by atoms with Crippen LogP contribution in [0.4, 0.5) is 10.1 Å². The predicted molar refractivity (Wildman–Crippen MR) is 66.2 cm³/mol. The quantitative estimate of drug-likeness (QED) is 0.918. The van der Waals surface area contributed by atoms with E-state index in [-0.39, 0.29) is 11.9 Å². The number of nitrogens with one attached hydrogen (secondary N) is 1. The highest BCUT2D eigenvalue weighted by molar-refractivity contribution is 9.10. The molecule has 1 saturated heterocycles. The van der Waals surface area contributed by atoms with Crippen LogP contribution in [0.25, 0.3) is 0 Å². The SMILES string of the molecule is CC1CCC(CNc2ccc(F)c(Br)c2)O1. The lowest BCUT2D eigenvalue weighted by Crippen LogP contribution is -2.19. The topological polar surface area (TPSA) is 21.3 Å². The monoisotopic (exact) mass is 287 g/mol. The van der Waals surface area contributed by atoms with E-state index in [1.165, 1.54) is 6.07 Å². The van der Waals surface area contributed by atoms with Crippen LogP contribution in [0.1, 0.15) is 19.8 Å². The van der Waals surface area contributed by atoms with Gasteiger partial charge in [0.2, 0.25) is 0 Å². The molecular weight excluding hydrogens is 273 g/mol. The van der Waals surface area contributed by atoms with Crippen LogP contribution in [0, 0.1) is 5.82 Å². The second kappa shape index (κ2) is 5.15. The Morgan fingerprint density at radius 3 is 2.94 bits per heavy atom. The Balaban J connectivity index is 1.87. The Bertz CT molecular complexity index is 372. The van der Waals surface area contributed by atoms with Crippen LogP contribution in [0.15, 0.2) is 22.7 Å². The molecule has 0 radical (unpaired) electrons. The molecule has 1 aliphatic rings. The first-order chi connectivity index (χ1) is 7.65. The number of ether oxygens (including phenoxy) is 1. The summed E-state index contributed by atoms with van der Waals surface area (Å²) in [5.41, 5.74) is 0.913. The van der Waals surface area contributed by atoms with E-state index in [0.29, 0.717) is 10.6 Å². The molecule has 1 fully saturated rings. The zero-order chi connectivity index (χ0) is 11.5. The summed E-state index contributed by atoms with van der Waals surface area (Å²) in [6.45, 7) is 2.87. The molecule has 0 spiro atoms. The number of halogens is 2. The minimum absolute atomic E-state index is 0.240. The Labute approximate surface area is 103 Å². The van der Waals surface area contributed by atoms with E-state index in [0.717, 1.165) is 25.1 Å². The van der Waals surface area contributed by atoms with Crippen LogP contribution in [0.2, 0.25) is 0 Å². The summed E-state index contributed by atoms with van der Waals surface area (Å²) in [6, 6.07) is 4.93. The Morgan fingerprint density at radius 1 is 1.50 bits per heavy atom. The van der Waals surface area contributed by atoms with Gasteiger partial charge in [0.1, 0.15) is 5.82 Å². The van der Waals surface area contributed by atoms with Gasteiger partial charge in [-0.1, -0.05) is 0 Å². The van der Waals surface area contributed by atoms with E-state index in [1.54, 1.807) is 12.1 Å². The van der Waals surface area contributed by atoms with E-state index in [2.05, 4.69) is 28.2 Å². The number of rotatable bonds is 3. The van der Waals surface area contributed by atoms with E-state index in [4.69, 9.17) is 4.74 Å². The maximum absolute atomic E-state index is 13.0. The molecule has 0 aromatic heterocycles. The van der Waals surface area contributed by atoms with E-state index < -0.39 is 0 Å². The lowest BCUT2D eigenvalue weighted by Gasteiger charge is -2.13. The van der Waals surface area contributed by atoms with Crippen LogP contribution in [-0.2, 0) is 4.74 Å². The van der Waals surface area contributed by atoms with E-state index in [9.17, 15) is 4.39 Å². The molecule has 2 rings (SSSR count). The summed E-state index contributed by atoms with van der Waals surface area (Å²) >= 11 is 3.16. The molecule has 2 atom stereocenters. The van der Waals surface area contributed by atoms with Gasteiger partial charge in [-0.3, -0.25) is 0 Å². The maximum atomic E-state index is 13.0. The van der Waals surface area contributed by atoms with Crippen LogP contribution >= 0.6 is 15.9 Å². The molecule has 4 heteroatoms. The molecule has 1 N–H and O–H groups in total. The van der Waals surface area contributed by atoms with Gasteiger partial charge < -0.3 is 10.1 Å². The third kappa shape index (κ3) is 2.95. The maximum Gasteiger partial charge on any atom is 0.137 e. The molecule has 1 aromatic carbocycles. The fourth-order valence-corrected chi connectivity index (χ4v) is 2.25. The van der Waals surface area contributed by atoms with Gasteiger partial charge in [0, 0.05) is 12.2 Å². The molecular formula is C12H15BrFNO. The number of hydrogen-bond acceptors (Lipinski definition) is 2. The van der Waals surface area contributed by atoms with Crippen molar-refractivity contribution in [2.45, 2.75) is 32.0 Å². The van der Waals surface area contributed by atoms with Crippen LogP contribution < -0.4 is 5.32 Å². The zero-order valence-electron chi connectivity index (χ0n) is 9.17. The van der Waals surface area contributed by atoms with Gasteiger partial charge in [0.25, 0.3) is 0 Å². The van der Waals surface area contributed by atoms with Crippen molar-refractivity contribution in [2.24, 2.45) is 0 Å². The minimum Gasteiger partial charge on any atom is -0.382 e. The largest absolute Gasteiger partial charge is 0.382 e. The lowest BCUT2D eigenvalue weighted by atomic mass is 10.2. The zero-order valence-corrected chi connectivity index (χ0v) is 10.8. The fourth-order valence-electron chi connectivity index (χ4n) is 1.87. The average molecular weight is 288 g/mol. The summed E-state index contributed by atoms with van der Waals surface area (Å²) < 4.78 is 19.2. The number of benzene rings is 1. The highest BCUT2D eigenvalue weighted by Crippen LogP contribution is 2.22. The van der Waals surface area contributed by atoms with Crippen molar-refractivity contribution < 1.29 is 9.13 Å². The molecule has 2 nitrogen and oxygen atoms in total. The van der Waals surface area contributed by atoms with Crippen LogP contribution in [0.3, 0.4) is 0 Å². The summed E-state index contributed by atoms with van der Waals surface area (Å²) in [7, 11) is 0. The molecule has 0 amide bonds. The second-order valence-electron chi connectivity index (χ2n) is 4.16. The third-order valence-electron chi connectivity index (χ3n) is 2.77. The molecule has 2 unspecified atom stereocenters. The molecule has 88 valence electrons. The molecule has 1 heterocycles.